The molecule has 0 atom stereocenters. The van der Waals surface area contributed by atoms with E-state index in [4.69, 9.17) is 10.5 Å². The highest BCUT2D eigenvalue weighted by Crippen LogP contribution is 2.24. The van der Waals surface area contributed by atoms with E-state index in [9.17, 15) is 0 Å². The molecule has 0 bridgehead atoms. The van der Waals surface area contributed by atoms with Crippen LogP contribution in [-0.4, -0.2) is 29.1 Å². The van der Waals surface area contributed by atoms with E-state index >= 15 is 0 Å². The second-order valence-corrected chi connectivity index (χ2v) is 6.55. The molecule has 0 aliphatic carbocycles. The summed E-state index contributed by atoms with van der Waals surface area (Å²) < 4.78 is 5.65. The fourth-order valence-corrected chi connectivity index (χ4v) is 3.05. The number of nitrogens with two attached hydrogens (primary N) is 1. The molecule has 0 spiro atoms. The Balaban J connectivity index is 1.98. The summed E-state index contributed by atoms with van der Waals surface area (Å²) >= 11 is 2.02. The van der Waals surface area contributed by atoms with E-state index in [0.717, 1.165) is 5.82 Å². The van der Waals surface area contributed by atoms with Crippen LogP contribution < -0.4 is 15.8 Å². The van der Waals surface area contributed by atoms with Crippen molar-refractivity contribution in [1.29, 1.82) is 0 Å². The molecule has 0 radical (unpaired) electrons. The number of hydrogen-bond acceptors (Lipinski definition) is 5. The molecule has 1 saturated heterocycles. The molecule has 0 amide bonds. The van der Waals surface area contributed by atoms with Crippen LogP contribution in [0.3, 0.4) is 0 Å². The molecule has 1 aliphatic heterocycles. The number of nitrogens with zero attached hydrogens (tertiary/aromatic N) is 1. The Labute approximate surface area is 119 Å². The van der Waals surface area contributed by atoms with Crippen molar-refractivity contribution in [3.63, 3.8) is 0 Å². The van der Waals surface area contributed by atoms with Gasteiger partial charge < -0.3 is 15.8 Å². The molecule has 2 rings (SSSR count). The summed E-state index contributed by atoms with van der Waals surface area (Å²) in [7, 11) is 0. The fourth-order valence-electron chi connectivity index (χ4n) is 1.94. The highest BCUT2D eigenvalue weighted by atomic mass is 32.2. The van der Waals surface area contributed by atoms with Crippen molar-refractivity contribution in [1.82, 2.24) is 4.98 Å². The molecule has 1 fully saturated rings. The lowest BCUT2D eigenvalue weighted by Crippen LogP contribution is -2.25. The number of hydrogen-bond donors (Lipinski definition) is 2. The SMILES string of the molecule is CC(C)COc1nc(NC2CCSCC2)ccc1N. The molecule has 106 valence electrons. The van der Waals surface area contributed by atoms with Crippen molar-refractivity contribution in [2.45, 2.75) is 32.7 Å². The maximum atomic E-state index is 5.89. The Kier molecular flexibility index (Phi) is 5.19. The number of anilines is 2. The summed E-state index contributed by atoms with van der Waals surface area (Å²) in [6, 6.07) is 4.32. The quantitative estimate of drug-likeness (QED) is 0.869. The first kappa shape index (κ1) is 14.3. The van der Waals surface area contributed by atoms with Crippen LogP contribution in [0.2, 0.25) is 0 Å². The topological polar surface area (TPSA) is 60.2 Å². The van der Waals surface area contributed by atoms with E-state index in [0.29, 0.717) is 30.1 Å². The zero-order chi connectivity index (χ0) is 13.7. The van der Waals surface area contributed by atoms with Gasteiger partial charge in [-0.25, -0.2) is 0 Å². The summed E-state index contributed by atoms with van der Waals surface area (Å²) in [4.78, 5) is 4.47. The van der Waals surface area contributed by atoms with Crippen molar-refractivity contribution >= 4 is 23.3 Å². The van der Waals surface area contributed by atoms with Crippen LogP contribution in [0, 0.1) is 5.92 Å². The summed E-state index contributed by atoms with van der Waals surface area (Å²) in [6.07, 6.45) is 2.39. The van der Waals surface area contributed by atoms with Crippen molar-refractivity contribution in [2.24, 2.45) is 5.92 Å². The van der Waals surface area contributed by atoms with Crippen LogP contribution in [-0.2, 0) is 0 Å². The number of rotatable bonds is 5. The molecular weight excluding hydrogens is 258 g/mol. The van der Waals surface area contributed by atoms with Crippen LogP contribution in [0.15, 0.2) is 12.1 Å². The molecule has 0 unspecified atom stereocenters. The average molecular weight is 281 g/mol. The molecule has 19 heavy (non-hydrogen) atoms. The number of aromatic nitrogens is 1. The molecule has 3 N–H and O–H groups in total. The number of nitrogens with one attached hydrogen (secondary N) is 1. The minimum absolute atomic E-state index is 0.466. The Morgan fingerprint density at radius 3 is 2.84 bits per heavy atom. The van der Waals surface area contributed by atoms with Crippen molar-refractivity contribution < 1.29 is 4.74 Å². The maximum absolute atomic E-state index is 5.89. The lowest BCUT2D eigenvalue weighted by molar-refractivity contribution is 0.263. The van der Waals surface area contributed by atoms with E-state index in [2.05, 4.69) is 24.1 Å². The molecule has 0 aromatic carbocycles. The van der Waals surface area contributed by atoms with E-state index in [1.807, 2.05) is 23.9 Å². The molecule has 5 heteroatoms. The van der Waals surface area contributed by atoms with Crippen LogP contribution in [0.4, 0.5) is 11.5 Å². The van der Waals surface area contributed by atoms with Crippen LogP contribution in [0.5, 0.6) is 5.88 Å². The first-order chi connectivity index (χ1) is 9.15. The van der Waals surface area contributed by atoms with Gasteiger partial charge in [-0.2, -0.15) is 16.7 Å². The minimum Gasteiger partial charge on any atom is -0.476 e. The third-order valence-electron chi connectivity index (χ3n) is 3.02. The zero-order valence-corrected chi connectivity index (χ0v) is 12.5. The molecule has 0 saturated carbocycles. The molecular formula is C14H23N3OS. The Hall–Kier alpha value is -1.10. The third kappa shape index (κ3) is 4.49. The zero-order valence-electron chi connectivity index (χ0n) is 11.7. The predicted octanol–water partition coefficient (Wildman–Crippen LogP) is 3.01. The second-order valence-electron chi connectivity index (χ2n) is 5.33. The van der Waals surface area contributed by atoms with Crippen molar-refractivity contribution in [3.8, 4) is 5.88 Å². The highest BCUT2D eigenvalue weighted by molar-refractivity contribution is 7.99. The first-order valence-corrected chi connectivity index (χ1v) is 8.04. The largest absolute Gasteiger partial charge is 0.476 e. The van der Waals surface area contributed by atoms with Gasteiger partial charge in [-0.05, 0) is 42.4 Å². The molecule has 2 heterocycles. The second kappa shape index (κ2) is 6.89. The summed E-state index contributed by atoms with van der Waals surface area (Å²) in [5.41, 5.74) is 6.49. The average Bonchev–Trinajstić information content (AvgIpc) is 2.40. The van der Waals surface area contributed by atoms with Gasteiger partial charge in [0.1, 0.15) is 5.82 Å². The third-order valence-corrected chi connectivity index (χ3v) is 4.07. The van der Waals surface area contributed by atoms with Gasteiger partial charge in [-0.15, -0.1) is 0 Å². The van der Waals surface area contributed by atoms with Gasteiger partial charge in [0.05, 0.1) is 12.3 Å². The van der Waals surface area contributed by atoms with Gasteiger partial charge >= 0.3 is 0 Å². The number of thioether (sulfide) groups is 1. The molecule has 1 aromatic heterocycles. The maximum Gasteiger partial charge on any atom is 0.239 e. The number of nitrogen functional groups attached to an aromatic ring is 1. The van der Waals surface area contributed by atoms with E-state index in [1.54, 1.807) is 0 Å². The van der Waals surface area contributed by atoms with Crippen LogP contribution in [0.1, 0.15) is 26.7 Å². The van der Waals surface area contributed by atoms with E-state index in [1.165, 1.54) is 24.3 Å². The first-order valence-electron chi connectivity index (χ1n) is 6.88. The van der Waals surface area contributed by atoms with Gasteiger partial charge in [0.25, 0.3) is 0 Å². The number of pyridine rings is 1. The van der Waals surface area contributed by atoms with Gasteiger partial charge in [-0.1, -0.05) is 13.8 Å². The molecule has 1 aromatic rings. The normalized spacial score (nSPS) is 16.6. The van der Waals surface area contributed by atoms with Gasteiger partial charge in [-0.3, -0.25) is 0 Å². The monoisotopic (exact) mass is 281 g/mol. The van der Waals surface area contributed by atoms with E-state index < -0.39 is 0 Å². The van der Waals surface area contributed by atoms with Gasteiger partial charge in [0, 0.05) is 6.04 Å². The van der Waals surface area contributed by atoms with E-state index in [-0.39, 0.29) is 0 Å². The minimum atomic E-state index is 0.466. The summed E-state index contributed by atoms with van der Waals surface area (Å²) in [5.74, 6) is 4.33. The summed E-state index contributed by atoms with van der Waals surface area (Å²) in [5, 5.41) is 3.48. The van der Waals surface area contributed by atoms with Gasteiger partial charge in [0.15, 0.2) is 0 Å². The highest BCUT2D eigenvalue weighted by Gasteiger charge is 2.14. The Morgan fingerprint density at radius 1 is 1.42 bits per heavy atom. The molecule has 4 nitrogen and oxygen atoms in total. The lowest BCUT2D eigenvalue weighted by atomic mass is 10.1. The smallest absolute Gasteiger partial charge is 0.239 e. The lowest BCUT2D eigenvalue weighted by Gasteiger charge is -2.23. The Bertz CT molecular complexity index is 406. The fraction of sp³-hybridized carbons (Fsp3) is 0.643. The standard InChI is InChI=1S/C14H23N3OS/c1-10(2)9-18-14-12(15)3-4-13(17-14)16-11-5-7-19-8-6-11/h3-4,10-11H,5-9,15H2,1-2H3,(H,16,17). The van der Waals surface area contributed by atoms with Crippen LogP contribution in [0.25, 0.3) is 0 Å². The van der Waals surface area contributed by atoms with Gasteiger partial charge in [0.2, 0.25) is 5.88 Å². The van der Waals surface area contributed by atoms with Crippen molar-refractivity contribution in [3.05, 3.63) is 12.1 Å². The molecule has 1 aliphatic rings. The van der Waals surface area contributed by atoms with Crippen molar-refractivity contribution in [2.75, 3.05) is 29.2 Å². The summed E-state index contributed by atoms with van der Waals surface area (Å²) in [6.45, 7) is 4.86. The van der Waals surface area contributed by atoms with Crippen LogP contribution >= 0.6 is 11.8 Å². The number of ether oxygens (including phenoxy) is 1. The predicted molar refractivity (Wildman–Crippen MR) is 83.0 cm³/mol. The Morgan fingerprint density at radius 2 is 2.16 bits per heavy atom.